The molecule has 1 aliphatic rings. The molecule has 0 radical (unpaired) electrons. The molecule has 2 aromatic carbocycles. The normalized spacial score (nSPS) is 14.3. The Morgan fingerprint density at radius 2 is 1.97 bits per heavy atom. The van der Waals surface area contributed by atoms with E-state index in [0.717, 1.165) is 16.8 Å². The molecule has 1 heterocycles. The van der Waals surface area contributed by atoms with Crippen LogP contribution in [0.4, 0.5) is 10.1 Å². The minimum absolute atomic E-state index is 0.119. The molecule has 0 saturated heterocycles. The zero-order valence-electron chi connectivity index (χ0n) is 17.9. The Bertz CT molecular complexity index is 1060. The van der Waals surface area contributed by atoms with Gasteiger partial charge in [0, 0.05) is 56.9 Å². The standard InChI is InChI=1S/C24H26FN3O3/c1-15(18-6-8-23(25)20(10-18)12-26-16(2)29)9-22-14-31-24-11-21(27-17(3)30)7-5-19(24)13-28(22)4/h5-11H,1,12-14H2,2-4H3,(H,26,29)(H,27,30)/b22-9-. The van der Waals surface area contributed by atoms with Crippen LogP contribution in [0.5, 0.6) is 5.75 Å². The first-order valence-electron chi connectivity index (χ1n) is 9.90. The molecule has 0 unspecified atom stereocenters. The Kier molecular flexibility index (Phi) is 6.74. The number of halogens is 1. The van der Waals surface area contributed by atoms with E-state index in [1.54, 1.807) is 12.1 Å². The number of amides is 2. The number of benzene rings is 2. The molecule has 7 heteroatoms. The molecule has 0 aromatic heterocycles. The van der Waals surface area contributed by atoms with Gasteiger partial charge in [0.05, 0.1) is 5.70 Å². The molecule has 31 heavy (non-hydrogen) atoms. The molecular weight excluding hydrogens is 397 g/mol. The summed E-state index contributed by atoms with van der Waals surface area (Å²) < 4.78 is 20.1. The van der Waals surface area contributed by atoms with Gasteiger partial charge in [0.15, 0.2) is 0 Å². The maximum absolute atomic E-state index is 14.1. The highest BCUT2D eigenvalue weighted by molar-refractivity contribution is 5.89. The van der Waals surface area contributed by atoms with Crippen molar-refractivity contribution in [2.75, 3.05) is 19.0 Å². The second kappa shape index (κ2) is 9.47. The van der Waals surface area contributed by atoms with Crippen LogP contribution in [-0.2, 0) is 22.7 Å². The average Bonchev–Trinajstić information content (AvgIpc) is 2.85. The van der Waals surface area contributed by atoms with Crippen molar-refractivity contribution in [1.29, 1.82) is 0 Å². The van der Waals surface area contributed by atoms with Gasteiger partial charge in [-0.2, -0.15) is 0 Å². The summed E-state index contributed by atoms with van der Waals surface area (Å²) in [5, 5.41) is 5.37. The summed E-state index contributed by atoms with van der Waals surface area (Å²) in [6, 6.07) is 10.3. The summed E-state index contributed by atoms with van der Waals surface area (Å²) in [5.41, 5.74) is 4.47. The highest BCUT2D eigenvalue weighted by atomic mass is 19.1. The maximum atomic E-state index is 14.1. The van der Waals surface area contributed by atoms with Gasteiger partial charge in [-0.15, -0.1) is 0 Å². The number of ether oxygens (including phenoxy) is 1. The van der Waals surface area contributed by atoms with Crippen molar-refractivity contribution >= 4 is 23.1 Å². The molecular formula is C24H26FN3O3. The first-order valence-corrected chi connectivity index (χ1v) is 9.90. The van der Waals surface area contributed by atoms with Crippen molar-refractivity contribution in [2.24, 2.45) is 0 Å². The van der Waals surface area contributed by atoms with Crippen LogP contribution in [0.2, 0.25) is 0 Å². The summed E-state index contributed by atoms with van der Waals surface area (Å²) in [4.78, 5) is 24.5. The first-order chi connectivity index (χ1) is 14.7. The molecule has 2 amide bonds. The molecule has 2 N–H and O–H groups in total. The number of carbonyl (C=O) groups is 2. The van der Waals surface area contributed by atoms with E-state index < -0.39 is 0 Å². The van der Waals surface area contributed by atoms with E-state index in [0.29, 0.717) is 35.7 Å². The molecule has 0 atom stereocenters. The molecule has 6 nitrogen and oxygen atoms in total. The van der Waals surface area contributed by atoms with E-state index in [-0.39, 0.29) is 24.2 Å². The van der Waals surface area contributed by atoms with Gasteiger partial charge in [-0.05, 0) is 35.4 Å². The zero-order chi connectivity index (χ0) is 22.5. The minimum atomic E-state index is -0.377. The Hall–Kier alpha value is -3.61. The van der Waals surface area contributed by atoms with Crippen molar-refractivity contribution in [3.05, 3.63) is 77.3 Å². The summed E-state index contributed by atoms with van der Waals surface area (Å²) in [5.74, 6) is -0.0197. The topological polar surface area (TPSA) is 70.7 Å². The third-order valence-electron chi connectivity index (χ3n) is 4.95. The van der Waals surface area contributed by atoms with Crippen LogP contribution in [0.15, 0.2) is 54.8 Å². The lowest BCUT2D eigenvalue weighted by Gasteiger charge is -2.19. The van der Waals surface area contributed by atoms with E-state index in [2.05, 4.69) is 22.1 Å². The van der Waals surface area contributed by atoms with E-state index in [1.165, 1.54) is 19.9 Å². The predicted molar refractivity (Wildman–Crippen MR) is 119 cm³/mol. The Morgan fingerprint density at radius 1 is 1.19 bits per heavy atom. The largest absolute Gasteiger partial charge is 0.487 e. The summed E-state index contributed by atoms with van der Waals surface area (Å²) >= 11 is 0. The van der Waals surface area contributed by atoms with Crippen LogP contribution >= 0.6 is 0 Å². The van der Waals surface area contributed by atoms with Crippen molar-refractivity contribution in [3.63, 3.8) is 0 Å². The van der Waals surface area contributed by atoms with Gasteiger partial charge in [-0.3, -0.25) is 9.59 Å². The molecule has 0 aliphatic carbocycles. The lowest BCUT2D eigenvalue weighted by atomic mass is 10.0. The van der Waals surface area contributed by atoms with Crippen molar-refractivity contribution < 1.29 is 18.7 Å². The summed E-state index contributed by atoms with van der Waals surface area (Å²) in [6.45, 7) is 8.06. The Morgan fingerprint density at radius 3 is 2.68 bits per heavy atom. The first kappa shape index (κ1) is 22.1. The van der Waals surface area contributed by atoms with Crippen molar-refractivity contribution in [3.8, 4) is 5.75 Å². The van der Waals surface area contributed by atoms with Gasteiger partial charge in [0.1, 0.15) is 18.2 Å². The van der Waals surface area contributed by atoms with Crippen molar-refractivity contribution in [2.45, 2.75) is 26.9 Å². The molecule has 0 saturated carbocycles. The highest BCUT2D eigenvalue weighted by Gasteiger charge is 2.17. The molecule has 162 valence electrons. The lowest BCUT2D eigenvalue weighted by molar-refractivity contribution is -0.119. The fourth-order valence-corrected chi connectivity index (χ4v) is 3.29. The summed E-state index contributed by atoms with van der Waals surface area (Å²) in [6.07, 6.45) is 1.91. The fraction of sp³-hybridized carbons (Fsp3) is 0.250. The number of nitrogens with one attached hydrogen (secondary N) is 2. The van der Waals surface area contributed by atoms with Gasteiger partial charge in [0.2, 0.25) is 11.8 Å². The number of hydrogen-bond acceptors (Lipinski definition) is 4. The van der Waals surface area contributed by atoms with Crippen LogP contribution in [0.3, 0.4) is 0 Å². The smallest absolute Gasteiger partial charge is 0.221 e. The molecule has 0 bridgehead atoms. The monoisotopic (exact) mass is 423 g/mol. The fourth-order valence-electron chi connectivity index (χ4n) is 3.29. The zero-order valence-corrected chi connectivity index (χ0v) is 17.9. The number of fused-ring (bicyclic) bond motifs is 1. The van der Waals surface area contributed by atoms with E-state index >= 15 is 0 Å². The van der Waals surface area contributed by atoms with Gasteiger partial charge < -0.3 is 20.3 Å². The van der Waals surface area contributed by atoms with Gasteiger partial charge >= 0.3 is 0 Å². The van der Waals surface area contributed by atoms with E-state index in [9.17, 15) is 14.0 Å². The van der Waals surface area contributed by atoms with E-state index in [4.69, 9.17) is 4.74 Å². The molecule has 1 aliphatic heterocycles. The third kappa shape index (κ3) is 5.72. The number of likely N-dealkylation sites (N-methyl/N-ethyl adjacent to an activating group) is 1. The lowest BCUT2D eigenvalue weighted by Crippen LogP contribution is -2.20. The molecule has 0 fully saturated rings. The molecule has 3 rings (SSSR count). The minimum Gasteiger partial charge on any atom is -0.487 e. The molecule has 0 spiro atoms. The average molecular weight is 423 g/mol. The second-order valence-corrected chi connectivity index (χ2v) is 7.53. The predicted octanol–water partition coefficient (Wildman–Crippen LogP) is 3.84. The van der Waals surface area contributed by atoms with Gasteiger partial charge in [-0.1, -0.05) is 18.7 Å². The number of rotatable bonds is 5. The van der Waals surface area contributed by atoms with Crippen LogP contribution in [0, 0.1) is 5.82 Å². The quantitative estimate of drug-likeness (QED) is 0.767. The number of allylic oxidation sites excluding steroid dienone is 2. The van der Waals surface area contributed by atoms with E-state index in [1.807, 2.05) is 31.3 Å². The number of hydrogen-bond donors (Lipinski definition) is 2. The van der Waals surface area contributed by atoms with Crippen LogP contribution < -0.4 is 15.4 Å². The number of carbonyl (C=O) groups excluding carboxylic acids is 2. The highest BCUT2D eigenvalue weighted by Crippen LogP contribution is 2.30. The molecule has 2 aromatic rings. The Labute approximate surface area is 181 Å². The number of anilines is 1. The number of nitrogens with zero attached hydrogens (tertiary/aromatic N) is 1. The maximum Gasteiger partial charge on any atom is 0.221 e. The van der Waals surface area contributed by atoms with Gasteiger partial charge in [-0.25, -0.2) is 4.39 Å². The Balaban J connectivity index is 1.79. The SMILES string of the molecule is C=C(/C=C1/COc2cc(NC(C)=O)ccc2CN1C)c1ccc(F)c(CNC(C)=O)c1. The summed E-state index contributed by atoms with van der Waals surface area (Å²) in [7, 11) is 1.96. The second-order valence-electron chi connectivity index (χ2n) is 7.53. The van der Waals surface area contributed by atoms with Crippen LogP contribution in [0.1, 0.15) is 30.5 Å². The van der Waals surface area contributed by atoms with Crippen molar-refractivity contribution in [1.82, 2.24) is 10.2 Å². The van der Waals surface area contributed by atoms with Gasteiger partial charge in [0.25, 0.3) is 0 Å². The van der Waals surface area contributed by atoms with Crippen LogP contribution in [-0.4, -0.2) is 30.4 Å². The van der Waals surface area contributed by atoms with Crippen LogP contribution in [0.25, 0.3) is 5.57 Å². The third-order valence-corrected chi connectivity index (χ3v) is 4.95.